The molecule has 4 rings (SSSR count). The Morgan fingerprint density at radius 2 is 1.71 bits per heavy atom. The molecule has 184 valence electrons. The fourth-order valence-corrected chi connectivity index (χ4v) is 6.51. The predicted octanol–water partition coefficient (Wildman–Crippen LogP) is 6.45. The maximum Gasteiger partial charge on any atom is 0.312 e. The van der Waals surface area contributed by atoms with E-state index in [0.717, 1.165) is 12.1 Å². The molecule has 3 unspecified atom stereocenters. The lowest BCUT2D eigenvalue weighted by Gasteiger charge is -2.57. The van der Waals surface area contributed by atoms with Gasteiger partial charge in [0.2, 0.25) is 0 Å². The van der Waals surface area contributed by atoms with Gasteiger partial charge in [0.1, 0.15) is 5.57 Å². The fourth-order valence-electron chi connectivity index (χ4n) is 6.51. The van der Waals surface area contributed by atoms with E-state index in [2.05, 4.69) is 69.8 Å². The van der Waals surface area contributed by atoms with Crippen molar-refractivity contribution < 1.29 is 14.3 Å². The van der Waals surface area contributed by atoms with Gasteiger partial charge < -0.3 is 4.74 Å². The van der Waals surface area contributed by atoms with Gasteiger partial charge >= 0.3 is 5.91 Å². The van der Waals surface area contributed by atoms with Crippen molar-refractivity contribution in [1.82, 2.24) is 0 Å². The lowest BCUT2D eigenvalue weighted by atomic mass is 9.47. The van der Waals surface area contributed by atoms with Crippen LogP contribution in [0.1, 0.15) is 74.7 Å². The minimum atomic E-state index is -0.528. The lowest BCUT2D eigenvalue weighted by Crippen LogP contribution is -2.52. The summed E-state index contributed by atoms with van der Waals surface area (Å²) in [5.74, 6) is 0.771. The van der Waals surface area contributed by atoms with Crippen molar-refractivity contribution in [2.45, 2.75) is 74.7 Å². The second kappa shape index (κ2) is 8.69. The number of carbonyl (C=O) groups excluding carboxylic acids is 2. The molecule has 0 aromatic carbocycles. The van der Waals surface area contributed by atoms with Crippen LogP contribution in [0, 0.1) is 40.4 Å². The van der Waals surface area contributed by atoms with Crippen LogP contribution in [-0.4, -0.2) is 24.6 Å². The lowest BCUT2D eigenvalue weighted by molar-refractivity contribution is -0.120. The number of carbonyl (C=O) groups is 2. The minimum Gasteiger partial charge on any atom is -0.487 e. The van der Waals surface area contributed by atoms with Gasteiger partial charge in [-0.25, -0.2) is 4.99 Å². The van der Waals surface area contributed by atoms with Crippen molar-refractivity contribution in [3.63, 3.8) is 0 Å². The van der Waals surface area contributed by atoms with E-state index in [1.165, 1.54) is 24.6 Å². The van der Waals surface area contributed by atoms with Crippen molar-refractivity contribution in [2.75, 3.05) is 6.61 Å². The van der Waals surface area contributed by atoms with E-state index in [1.54, 1.807) is 6.92 Å². The molecular weight excluding hydrogens is 426 g/mol. The molecule has 2 amide bonds. The highest BCUT2D eigenvalue weighted by Gasteiger charge is 2.61. The first-order valence-corrected chi connectivity index (χ1v) is 12.9. The van der Waals surface area contributed by atoms with Crippen LogP contribution < -0.4 is 0 Å². The Morgan fingerprint density at radius 3 is 2.24 bits per heavy atom. The van der Waals surface area contributed by atoms with E-state index in [0.29, 0.717) is 29.2 Å². The van der Waals surface area contributed by atoms with Gasteiger partial charge in [0.05, 0.1) is 12.3 Å². The van der Waals surface area contributed by atoms with Crippen molar-refractivity contribution in [3.05, 3.63) is 34.3 Å². The Labute approximate surface area is 203 Å². The second-order valence-corrected chi connectivity index (χ2v) is 11.6. The van der Waals surface area contributed by atoms with Gasteiger partial charge in [-0.2, -0.15) is 5.11 Å². The van der Waals surface area contributed by atoms with E-state index in [1.807, 2.05) is 0 Å². The second-order valence-electron chi connectivity index (χ2n) is 11.6. The highest BCUT2D eigenvalue weighted by molar-refractivity contribution is 6.18. The third kappa shape index (κ3) is 3.64. The Morgan fingerprint density at radius 1 is 1.03 bits per heavy atom. The summed E-state index contributed by atoms with van der Waals surface area (Å²) >= 11 is 0. The van der Waals surface area contributed by atoms with E-state index >= 15 is 0 Å². The highest BCUT2D eigenvalue weighted by Crippen LogP contribution is 2.67. The van der Waals surface area contributed by atoms with Gasteiger partial charge in [-0.3, -0.25) is 9.59 Å². The van der Waals surface area contributed by atoms with Crippen LogP contribution in [0.2, 0.25) is 0 Å². The highest BCUT2D eigenvalue weighted by atomic mass is 16.5. The van der Waals surface area contributed by atoms with Crippen LogP contribution in [0.5, 0.6) is 0 Å². The molecule has 0 spiro atoms. The Bertz CT molecular complexity index is 1050. The fraction of sp³-hybridized carbons (Fsp3) is 0.679. The number of nitrogens with zero attached hydrogens (tertiary/aromatic N) is 3. The largest absolute Gasteiger partial charge is 0.487 e. The maximum absolute atomic E-state index is 12.9. The van der Waals surface area contributed by atoms with Crippen LogP contribution >= 0.6 is 0 Å². The van der Waals surface area contributed by atoms with E-state index in [9.17, 15) is 9.59 Å². The molecule has 34 heavy (non-hydrogen) atoms. The zero-order valence-electron chi connectivity index (χ0n) is 21.9. The van der Waals surface area contributed by atoms with Crippen molar-refractivity contribution in [1.29, 1.82) is 0 Å². The zero-order valence-corrected chi connectivity index (χ0v) is 21.9. The number of fused-ring (bicyclic) bond motifs is 1. The summed E-state index contributed by atoms with van der Waals surface area (Å²) in [6, 6.07) is 0. The normalized spacial score (nSPS) is 31.7. The number of allylic oxidation sites excluding steroid dienone is 3. The van der Waals surface area contributed by atoms with Crippen LogP contribution in [0.15, 0.2) is 49.5 Å². The number of dihydropyridines is 1. The van der Waals surface area contributed by atoms with Crippen LogP contribution in [0.25, 0.3) is 0 Å². The maximum atomic E-state index is 12.9. The summed E-state index contributed by atoms with van der Waals surface area (Å²) in [6.45, 7) is 18.3. The Hall–Kier alpha value is -2.37. The topological polar surface area (TPSA) is 80.4 Å². The number of azo groups is 1. The molecule has 0 aromatic rings. The van der Waals surface area contributed by atoms with Gasteiger partial charge in [0.15, 0.2) is 5.76 Å². The Kier molecular flexibility index (Phi) is 6.32. The van der Waals surface area contributed by atoms with E-state index < -0.39 is 11.8 Å². The molecule has 2 heterocycles. The smallest absolute Gasteiger partial charge is 0.312 e. The average Bonchev–Trinajstić information content (AvgIpc) is 3.61. The molecule has 0 aromatic heterocycles. The molecule has 6 heteroatoms. The molecule has 1 fully saturated rings. The van der Waals surface area contributed by atoms with Crippen LogP contribution in [-0.2, 0) is 14.3 Å². The summed E-state index contributed by atoms with van der Waals surface area (Å²) in [4.78, 5) is 29.6. The number of hydrogen-bond acceptors (Lipinski definition) is 4. The number of ether oxygens (including phenoxy) is 1. The molecule has 0 radical (unpaired) electrons. The van der Waals surface area contributed by atoms with Crippen molar-refractivity contribution in [3.8, 4) is 0 Å². The van der Waals surface area contributed by atoms with E-state index in [-0.39, 0.29) is 34.7 Å². The molecule has 1 saturated carbocycles. The van der Waals surface area contributed by atoms with Gasteiger partial charge in [-0.05, 0) is 55.3 Å². The molecule has 6 nitrogen and oxygen atoms in total. The third-order valence-electron chi connectivity index (χ3n) is 8.83. The van der Waals surface area contributed by atoms with Crippen molar-refractivity contribution in [2.24, 2.45) is 55.6 Å². The van der Waals surface area contributed by atoms with E-state index in [4.69, 9.17) is 4.74 Å². The molecule has 2 aliphatic carbocycles. The Balaban J connectivity index is 2.05. The third-order valence-corrected chi connectivity index (χ3v) is 8.83. The summed E-state index contributed by atoms with van der Waals surface area (Å²) in [5, 5.41) is 8.68. The average molecular weight is 466 g/mol. The zero-order chi connectivity index (χ0) is 25.0. The van der Waals surface area contributed by atoms with Gasteiger partial charge in [-0.15, -0.1) is 5.11 Å². The molecule has 2 aliphatic heterocycles. The molecule has 3 atom stereocenters. The predicted molar refractivity (Wildman–Crippen MR) is 133 cm³/mol. The molecule has 0 bridgehead atoms. The quantitative estimate of drug-likeness (QED) is 0.405. The standard InChI is InChI=1S/C28H39N3O3/c1-9-34-23-21-20(14-29-26(23)33)22(30-31-25(21)32)24-27(8,16(4)5)12-18(15(2)3)13-28(24,17(6)7)19-10-11-19/h13-17,19,24H,9-12H2,1-8H3. The van der Waals surface area contributed by atoms with Gasteiger partial charge in [0, 0.05) is 23.1 Å². The first kappa shape index (κ1) is 24.7. The molecule has 4 aliphatic rings. The van der Waals surface area contributed by atoms with Crippen LogP contribution in [0.4, 0.5) is 0 Å². The van der Waals surface area contributed by atoms with Crippen LogP contribution in [0.3, 0.4) is 0 Å². The van der Waals surface area contributed by atoms with Gasteiger partial charge in [0.25, 0.3) is 5.91 Å². The SMILES string of the molecule is CCOC1=C2C(=O)N=NC(C3C(C)(C(C)C)CC(C(C)C)=CC3(C(C)C)C3CC3)=C2C=NC1=O. The summed E-state index contributed by atoms with van der Waals surface area (Å²) in [7, 11) is 0. The monoisotopic (exact) mass is 465 g/mol. The number of hydrogen-bond donors (Lipinski definition) is 0. The molecule has 0 saturated heterocycles. The van der Waals surface area contributed by atoms with Gasteiger partial charge in [-0.1, -0.05) is 60.1 Å². The summed E-state index contributed by atoms with van der Waals surface area (Å²) in [6.07, 6.45) is 7.48. The first-order valence-electron chi connectivity index (χ1n) is 12.9. The van der Waals surface area contributed by atoms with Crippen molar-refractivity contribution >= 4 is 18.0 Å². The number of aliphatic imine (C=N–C) groups is 1. The molecule has 0 N–H and O–H groups in total. The first-order chi connectivity index (χ1) is 16.0. The summed E-state index contributed by atoms with van der Waals surface area (Å²) in [5.41, 5.74) is 2.94. The molecular formula is C28H39N3O3. The minimum absolute atomic E-state index is 0.00295. The number of amides is 2. The number of rotatable bonds is 7. The summed E-state index contributed by atoms with van der Waals surface area (Å²) < 4.78 is 5.63.